The SMILES string of the molecule is COC(=O)c1ccc(C2/C(=C(\O)c3ccncc3)C(=O)C(=O)N2c2nnc(SCc3ccc(F)cc3)s2)cc1. The second-order valence-corrected chi connectivity index (χ2v) is 10.5. The van der Waals surface area contributed by atoms with Crippen LogP contribution in [-0.4, -0.2) is 45.1 Å². The number of ether oxygens (including phenoxy) is 1. The van der Waals surface area contributed by atoms with E-state index in [0.29, 0.717) is 21.2 Å². The van der Waals surface area contributed by atoms with Crippen LogP contribution in [0.25, 0.3) is 5.76 Å². The van der Waals surface area contributed by atoms with Gasteiger partial charge in [-0.05, 0) is 47.5 Å². The Kier molecular flexibility index (Phi) is 7.48. The van der Waals surface area contributed by atoms with E-state index in [2.05, 4.69) is 15.2 Å². The summed E-state index contributed by atoms with van der Waals surface area (Å²) in [5, 5.41) is 19.6. The van der Waals surface area contributed by atoms with E-state index in [1.807, 2.05) is 0 Å². The van der Waals surface area contributed by atoms with E-state index in [9.17, 15) is 23.9 Å². The molecular formula is C27H19FN4O5S2. The van der Waals surface area contributed by atoms with Crippen LogP contribution in [0.3, 0.4) is 0 Å². The first-order chi connectivity index (χ1) is 18.9. The monoisotopic (exact) mass is 562 g/mol. The molecule has 5 rings (SSSR count). The molecule has 1 saturated heterocycles. The van der Waals surface area contributed by atoms with Gasteiger partial charge in [0.05, 0.1) is 24.3 Å². The van der Waals surface area contributed by atoms with Crippen LogP contribution in [0.2, 0.25) is 0 Å². The summed E-state index contributed by atoms with van der Waals surface area (Å²) in [6.45, 7) is 0. The largest absolute Gasteiger partial charge is 0.507 e. The van der Waals surface area contributed by atoms with Crippen molar-refractivity contribution in [2.75, 3.05) is 12.0 Å². The van der Waals surface area contributed by atoms with Gasteiger partial charge < -0.3 is 9.84 Å². The molecule has 12 heteroatoms. The highest BCUT2D eigenvalue weighted by molar-refractivity contribution is 8.00. The highest BCUT2D eigenvalue weighted by atomic mass is 32.2. The van der Waals surface area contributed by atoms with E-state index >= 15 is 0 Å². The number of pyridine rings is 1. The molecule has 0 aliphatic carbocycles. The number of methoxy groups -OCH3 is 1. The van der Waals surface area contributed by atoms with Crippen molar-refractivity contribution in [2.45, 2.75) is 16.1 Å². The van der Waals surface area contributed by atoms with Gasteiger partial charge in [0.15, 0.2) is 4.34 Å². The Balaban J connectivity index is 1.53. The molecule has 196 valence electrons. The summed E-state index contributed by atoms with van der Waals surface area (Å²) in [5.41, 5.74) is 1.80. The molecule has 39 heavy (non-hydrogen) atoms. The number of aliphatic hydroxyl groups excluding tert-OH is 1. The van der Waals surface area contributed by atoms with Gasteiger partial charge in [-0.25, -0.2) is 9.18 Å². The van der Waals surface area contributed by atoms with E-state index < -0.39 is 23.7 Å². The first-order valence-corrected chi connectivity index (χ1v) is 13.3. The molecule has 0 radical (unpaired) electrons. The van der Waals surface area contributed by atoms with Crippen molar-refractivity contribution in [1.29, 1.82) is 0 Å². The van der Waals surface area contributed by atoms with Gasteiger partial charge in [-0.15, -0.1) is 10.2 Å². The van der Waals surface area contributed by atoms with Crippen LogP contribution in [0.4, 0.5) is 9.52 Å². The number of anilines is 1. The topological polar surface area (TPSA) is 123 Å². The third-order valence-corrected chi connectivity index (χ3v) is 8.05. The number of carbonyl (C=O) groups excluding carboxylic acids is 3. The summed E-state index contributed by atoms with van der Waals surface area (Å²) in [7, 11) is 1.26. The van der Waals surface area contributed by atoms with Gasteiger partial charge in [0.2, 0.25) is 5.13 Å². The number of halogens is 1. The van der Waals surface area contributed by atoms with E-state index in [1.165, 1.54) is 72.6 Å². The summed E-state index contributed by atoms with van der Waals surface area (Å²) >= 11 is 2.46. The van der Waals surface area contributed by atoms with Crippen LogP contribution in [-0.2, 0) is 20.1 Å². The molecule has 1 unspecified atom stereocenters. The number of hydrogen-bond donors (Lipinski definition) is 1. The molecule has 1 atom stereocenters. The van der Waals surface area contributed by atoms with Gasteiger partial charge in [0.1, 0.15) is 11.6 Å². The number of rotatable bonds is 7. The zero-order valence-electron chi connectivity index (χ0n) is 20.3. The predicted molar refractivity (Wildman–Crippen MR) is 143 cm³/mol. The van der Waals surface area contributed by atoms with E-state index in [1.54, 1.807) is 24.3 Å². The molecule has 0 spiro atoms. The second-order valence-electron chi connectivity index (χ2n) is 8.28. The maximum absolute atomic E-state index is 13.3. The van der Waals surface area contributed by atoms with Crippen molar-refractivity contribution in [2.24, 2.45) is 0 Å². The zero-order valence-corrected chi connectivity index (χ0v) is 21.9. The van der Waals surface area contributed by atoms with Gasteiger partial charge in [-0.3, -0.25) is 19.5 Å². The summed E-state index contributed by atoms with van der Waals surface area (Å²) < 4.78 is 18.5. The highest BCUT2D eigenvalue weighted by Gasteiger charge is 2.48. The summed E-state index contributed by atoms with van der Waals surface area (Å²) in [6.07, 6.45) is 2.92. The number of Topliss-reactive ketones (excluding diaryl/α,β-unsaturated/α-hetero) is 1. The maximum Gasteiger partial charge on any atom is 0.337 e. The lowest BCUT2D eigenvalue weighted by Gasteiger charge is -2.22. The number of carbonyl (C=O) groups is 3. The zero-order chi connectivity index (χ0) is 27.5. The molecular weight excluding hydrogens is 543 g/mol. The average Bonchev–Trinajstić information content (AvgIpc) is 3.54. The molecule has 1 amide bonds. The number of benzene rings is 2. The van der Waals surface area contributed by atoms with Crippen LogP contribution < -0.4 is 4.90 Å². The summed E-state index contributed by atoms with van der Waals surface area (Å²) in [5.74, 6) is -2.51. The van der Waals surface area contributed by atoms with Gasteiger partial charge in [0.25, 0.3) is 5.78 Å². The minimum atomic E-state index is -1.03. The van der Waals surface area contributed by atoms with Crippen molar-refractivity contribution < 1.29 is 28.6 Å². The fourth-order valence-electron chi connectivity index (χ4n) is 4.01. The van der Waals surface area contributed by atoms with E-state index in [-0.39, 0.29) is 27.8 Å². The van der Waals surface area contributed by atoms with E-state index in [4.69, 9.17) is 4.74 Å². The smallest absolute Gasteiger partial charge is 0.337 e. The van der Waals surface area contributed by atoms with Crippen molar-refractivity contribution >= 4 is 51.6 Å². The Labute approximate surface area is 230 Å². The molecule has 9 nitrogen and oxygen atoms in total. The number of amides is 1. The molecule has 2 aromatic heterocycles. The number of ketones is 1. The van der Waals surface area contributed by atoms with Crippen molar-refractivity contribution in [3.05, 3.63) is 107 Å². The number of esters is 1. The molecule has 1 fully saturated rings. The molecule has 0 saturated carbocycles. The Hall–Kier alpha value is -4.42. The predicted octanol–water partition coefficient (Wildman–Crippen LogP) is 4.78. The van der Waals surface area contributed by atoms with Crippen molar-refractivity contribution in [3.8, 4) is 0 Å². The number of aliphatic hydroxyl groups is 1. The first-order valence-electron chi connectivity index (χ1n) is 11.5. The maximum atomic E-state index is 13.3. The minimum absolute atomic E-state index is 0.132. The molecule has 2 aromatic carbocycles. The van der Waals surface area contributed by atoms with Crippen molar-refractivity contribution in [1.82, 2.24) is 15.2 Å². The molecule has 0 bridgehead atoms. The van der Waals surface area contributed by atoms with Crippen LogP contribution in [0.15, 0.2) is 83.0 Å². The average molecular weight is 563 g/mol. The number of hydrogen-bond acceptors (Lipinski definition) is 10. The van der Waals surface area contributed by atoms with Crippen LogP contribution >= 0.6 is 23.1 Å². The number of nitrogens with zero attached hydrogens (tertiary/aromatic N) is 4. The minimum Gasteiger partial charge on any atom is -0.507 e. The molecule has 1 aliphatic rings. The Morgan fingerprint density at radius 1 is 1.03 bits per heavy atom. The third kappa shape index (κ3) is 5.29. The van der Waals surface area contributed by atoms with Crippen LogP contribution in [0.5, 0.6) is 0 Å². The molecule has 1 aliphatic heterocycles. The second kappa shape index (κ2) is 11.1. The fourth-order valence-corrected chi connectivity index (χ4v) is 5.84. The lowest BCUT2D eigenvalue weighted by Crippen LogP contribution is -2.29. The fraction of sp³-hybridized carbons (Fsp3) is 0.111. The normalized spacial score (nSPS) is 16.5. The Morgan fingerprint density at radius 3 is 2.38 bits per heavy atom. The summed E-state index contributed by atoms with van der Waals surface area (Å²) in [6, 6.07) is 14.3. The van der Waals surface area contributed by atoms with Crippen molar-refractivity contribution in [3.63, 3.8) is 0 Å². The van der Waals surface area contributed by atoms with Gasteiger partial charge in [-0.1, -0.05) is 47.4 Å². The van der Waals surface area contributed by atoms with Gasteiger partial charge in [0, 0.05) is 23.7 Å². The standard InChI is InChI=1S/C27H19FN4O5S2/c1-37-25(36)18-6-4-16(5-7-18)21-20(22(33)17-10-12-29-13-11-17)23(34)24(35)32(21)26-30-31-27(39-26)38-14-15-2-8-19(28)9-3-15/h2-13,21,33H,14H2,1H3/b22-20+. The number of aromatic nitrogens is 3. The van der Waals surface area contributed by atoms with Crippen LogP contribution in [0.1, 0.15) is 33.1 Å². The molecule has 3 heterocycles. The third-order valence-electron chi connectivity index (χ3n) is 5.92. The van der Waals surface area contributed by atoms with E-state index in [0.717, 1.165) is 16.9 Å². The van der Waals surface area contributed by atoms with Gasteiger partial charge >= 0.3 is 11.9 Å². The molecule has 1 N–H and O–H groups in total. The summed E-state index contributed by atoms with van der Waals surface area (Å²) in [4.78, 5) is 43.7. The quantitative estimate of drug-likeness (QED) is 0.0847. The number of thioether (sulfide) groups is 1. The van der Waals surface area contributed by atoms with Crippen LogP contribution in [0, 0.1) is 5.82 Å². The lowest BCUT2D eigenvalue weighted by atomic mass is 9.95. The highest BCUT2D eigenvalue weighted by Crippen LogP contribution is 2.44. The molecule has 4 aromatic rings. The van der Waals surface area contributed by atoms with Gasteiger partial charge in [-0.2, -0.15) is 0 Å². The first kappa shape index (κ1) is 26.2. The Morgan fingerprint density at radius 2 is 1.72 bits per heavy atom. The lowest BCUT2D eigenvalue weighted by molar-refractivity contribution is -0.132. The Bertz CT molecular complexity index is 1570.